The Balaban J connectivity index is 0.921. The molecule has 9 aromatic carbocycles. The number of fused-ring (bicyclic) bond motifs is 9. The van der Waals surface area contributed by atoms with Crippen LogP contribution in [0.1, 0.15) is 30.5 Å². The van der Waals surface area contributed by atoms with Gasteiger partial charge in [-0.15, -0.1) is 0 Å². The molecule has 61 heavy (non-hydrogen) atoms. The van der Waals surface area contributed by atoms with Crippen LogP contribution in [0, 0.1) is 6.92 Å². The van der Waals surface area contributed by atoms with E-state index in [4.69, 9.17) is 4.42 Å². The molecule has 0 amide bonds. The van der Waals surface area contributed by atoms with Crippen LogP contribution in [0.5, 0.6) is 0 Å². The van der Waals surface area contributed by atoms with Crippen molar-refractivity contribution < 1.29 is 4.42 Å². The first-order valence-corrected chi connectivity index (χ1v) is 21.2. The number of benzene rings is 9. The van der Waals surface area contributed by atoms with Crippen molar-refractivity contribution in [3.8, 4) is 39.1 Å². The summed E-state index contributed by atoms with van der Waals surface area (Å²) in [5.41, 5.74) is 20.0. The first kappa shape index (κ1) is 35.3. The third kappa shape index (κ3) is 5.58. The minimum atomic E-state index is -0.0826. The highest BCUT2D eigenvalue weighted by Gasteiger charge is 2.35. The van der Waals surface area contributed by atoms with Crippen LogP contribution in [-0.2, 0) is 5.41 Å². The fraction of sp³-hybridized carbons (Fsp3) is 0.0690. The SMILES string of the molecule is Cc1ccc(N(c2ccc(-c3cccc(-c4ccc5c6ccccc6n(-c6ccc7oc8ccccc8c7c6)c5c4)c3)cc2)c2ccc3c(c2)C(C)(C)c2ccccc2-3)cc1. The summed E-state index contributed by atoms with van der Waals surface area (Å²) in [5.74, 6) is 0. The maximum Gasteiger partial charge on any atom is 0.135 e. The van der Waals surface area contributed by atoms with Crippen LogP contribution in [0.4, 0.5) is 17.1 Å². The minimum Gasteiger partial charge on any atom is -0.456 e. The molecule has 0 aliphatic heterocycles. The lowest BCUT2D eigenvalue weighted by Crippen LogP contribution is -2.16. The zero-order valence-electron chi connectivity index (χ0n) is 34.4. The lowest BCUT2D eigenvalue weighted by Gasteiger charge is -2.28. The van der Waals surface area contributed by atoms with Gasteiger partial charge in [0.15, 0.2) is 0 Å². The Labute approximate surface area is 355 Å². The van der Waals surface area contributed by atoms with Gasteiger partial charge in [0.25, 0.3) is 0 Å². The average Bonchev–Trinajstić information content (AvgIpc) is 3.92. The Morgan fingerprint density at radius 3 is 1.87 bits per heavy atom. The highest BCUT2D eigenvalue weighted by molar-refractivity contribution is 6.11. The highest BCUT2D eigenvalue weighted by Crippen LogP contribution is 2.50. The maximum atomic E-state index is 6.21. The van der Waals surface area contributed by atoms with Gasteiger partial charge in [0, 0.05) is 49.7 Å². The molecule has 0 saturated heterocycles. The Bertz CT molecular complexity index is 3510. The van der Waals surface area contributed by atoms with Gasteiger partial charge in [0.2, 0.25) is 0 Å². The molecule has 3 nitrogen and oxygen atoms in total. The topological polar surface area (TPSA) is 21.3 Å². The summed E-state index contributed by atoms with van der Waals surface area (Å²) >= 11 is 0. The van der Waals surface area contributed by atoms with Gasteiger partial charge in [-0.05, 0) is 130 Å². The van der Waals surface area contributed by atoms with Crippen LogP contribution < -0.4 is 4.90 Å². The third-order valence-electron chi connectivity index (χ3n) is 13.1. The van der Waals surface area contributed by atoms with Gasteiger partial charge < -0.3 is 13.9 Å². The smallest absolute Gasteiger partial charge is 0.135 e. The second-order valence-corrected chi connectivity index (χ2v) is 17.1. The number of aryl methyl sites for hydroxylation is 1. The molecular formula is C58H42N2O. The molecule has 1 aliphatic rings. The number of para-hydroxylation sites is 2. The van der Waals surface area contributed by atoms with E-state index in [0.717, 1.165) is 44.7 Å². The molecule has 0 fully saturated rings. The van der Waals surface area contributed by atoms with E-state index in [2.05, 4.69) is 218 Å². The molecule has 2 heterocycles. The summed E-state index contributed by atoms with van der Waals surface area (Å²) in [6.45, 7) is 6.84. The Hall–Kier alpha value is -7.62. The zero-order chi connectivity index (χ0) is 40.8. The average molecular weight is 783 g/mol. The van der Waals surface area contributed by atoms with Crippen LogP contribution in [0.2, 0.25) is 0 Å². The van der Waals surface area contributed by atoms with Gasteiger partial charge in [0.05, 0.1) is 11.0 Å². The first-order chi connectivity index (χ1) is 29.9. The number of furan rings is 1. The molecule has 12 rings (SSSR count). The van der Waals surface area contributed by atoms with Crippen LogP contribution in [0.3, 0.4) is 0 Å². The Kier molecular flexibility index (Phi) is 7.79. The molecule has 0 saturated carbocycles. The van der Waals surface area contributed by atoms with Gasteiger partial charge in [0.1, 0.15) is 11.2 Å². The highest BCUT2D eigenvalue weighted by atomic mass is 16.3. The number of hydrogen-bond donors (Lipinski definition) is 0. The van der Waals surface area contributed by atoms with E-state index in [9.17, 15) is 0 Å². The molecule has 0 unspecified atom stereocenters. The second kappa shape index (κ2) is 13.5. The summed E-state index contributed by atoms with van der Waals surface area (Å²) in [5, 5.41) is 4.73. The van der Waals surface area contributed by atoms with Crippen LogP contribution in [0.15, 0.2) is 205 Å². The summed E-state index contributed by atoms with van der Waals surface area (Å²) in [6, 6.07) is 73.2. The predicted octanol–water partition coefficient (Wildman–Crippen LogP) is 16.1. The van der Waals surface area contributed by atoms with Crippen molar-refractivity contribution in [2.45, 2.75) is 26.2 Å². The van der Waals surface area contributed by atoms with E-state index in [-0.39, 0.29) is 5.41 Å². The lowest BCUT2D eigenvalue weighted by molar-refractivity contribution is 0.660. The van der Waals surface area contributed by atoms with E-state index in [1.165, 1.54) is 71.9 Å². The fourth-order valence-electron chi connectivity index (χ4n) is 9.94. The monoisotopic (exact) mass is 782 g/mol. The minimum absolute atomic E-state index is 0.0826. The molecule has 1 aliphatic carbocycles. The summed E-state index contributed by atoms with van der Waals surface area (Å²) in [7, 11) is 0. The van der Waals surface area contributed by atoms with Crippen LogP contribution in [0.25, 0.3) is 82.8 Å². The summed E-state index contributed by atoms with van der Waals surface area (Å²) in [6.07, 6.45) is 0. The first-order valence-electron chi connectivity index (χ1n) is 21.2. The Morgan fingerprint density at radius 2 is 1.03 bits per heavy atom. The van der Waals surface area contributed by atoms with E-state index < -0.39 is 0 Å². The van der Waals surface area contributed by atoms with Crippen molar-refractivity contribution in [1.82, 2.24) is 4.57 Å². The number of hydrogen-bond acceptors (Lipinski definition) is 2. The molecule has 0 N–H and O–H groups in total. The molecule has 0 bridgehead atoms. The van der Waals surface area contributed by atoms with E-state index in [1.54, 1.807) is 0 Å². The van der Waals surface area contributed by atoms with Gasteiger partial charge in [-0.25, -0.2) is 0 Å². The molecule has 3 heteroatoms. The van der Waals surface area contributed by atoms with Gasteiger partial charge in [-0.1, -0.05) is 141 Å². The van der Waals surface area contributed by atoms with Crippen molar-refractivity contribution in [2.75, 3.05) is 4.90 Å². The summed E-state index contributed by atoms with van der Waals surface area (Å²) in [4.78, 5) is 2.39. The molecule has 0 spiro atoms. The fourth-order valence-corrected chi connectivity index (χ4v) is 9.94. The largest absolute Gasteiger partial charge is 0.456 e. The number of nitrogens with zero attached hydrogens (tertiary/aromatic N) is 2. The van der Waals surface area contributed by atoms with Crippen LogP contribution >= 0.6 is 0 Å². The quantitative estimate of drug-likeness (QED) is 0.168. The number of anilines is 3. The van der Waals surface area contributed by atoms with E-state index >= 15 is 0 Å². The molecule has 0 atom stereocenters. The van der Waals surface area contributed by atoms with Crippen molar-refractivity contribution in [3.05, 3.63) is 217 Å². The third-order valence-corrected chi connectivity index (χ3v) is 13.1. The standard InChI is InChI=1S/C58H42N2O/c1-37-19-24-42(25-20-37)59(45-28-31-47-46-13-4-7-16-52(46)58(2,3)53(47)36-45)43-26-21-38(22-27-43)39-11-10-12-40(33-39)41-23-30-49-48-14-5-8-17-54(48)60(55(49)34-41)44-29-32-57-51(35-44)50-15-6-9-18-56(50)61-57/h4-36H,1-3H3. The molecule has 0 radical (unpaired) electrons. The number of rotatable bonds is 6. The van der Waals surface area contributed by atoms with E-state index in [1.807, 2.05) is 12.1 Å². The number of aromatic nitrogens is 1. The van der Waals surface area contributed by atoms with Gasteiger partial charge in [-0.3, -0.25) is 0 Å². The van der Waals surface area contributed by atoms with Gasteiger partial charge >= 0.3 is 0 Å². The van der Waals surface area contributed by atoms with Crippen molar-refractivity contribution >= 4 is 60.8 Å². The Morgan fingerprint density at radius 1 is 0.410 bits per heavy atom. The molecule has 2 aromatic heterocycles. The molecule has 11 aromatic rings. The van der Waals surface area contributed by atoms with Crippen molar-refractivity contribution in [1.29, 1.82) is 0 Å². The van der Waals surface area contributed by atoms with Gasteiger partial charge in [-0.2, -0.15) is 0 Å². The van der Waals surface area contributed by atoms with Crippen LogP contribution in [-0.4, -0.2) is 4.57 Å². The predicted molar refractivity (Wildman–Crippen MR) is 256 cm³/mol. The maximum absolute atomic E-state index is 6.21. The van der Waals surface area contributed by atoms with Crippen molar-refractivity contribution in [3.63, 3.8) is 0 Å². The zero-order valence-corrected chi connectivity index (χ0v) is 34.4. The normalized spacial score (nSPS) is 13.0. The molecule has 290 valence electrons. The lowest BCUT2D eigenvalue weighted by atomic mass is 9.82. The van der Waals surface area contributed by atoms with Crippen molar-refractivity contribution in [2.24, 2.45) is 0 Å². The summed E-state index contributed by atoms with van der Waals surface area (Å²) < 4.78 is 8.61. The second-order valence-electron chi connectivity index (χ2n) is 17.1. The molecular weight excluding hydrogens is 741 g/mol. The van der Waals surface area contributed by atoms with E-state index in [0.29, 0.717) is 0 Å².